The maximum atomic E-state index is 6.03. The lowest BCUT2D eigenvalue weighted by atomic mass is 9.82. The Hall–Kier alpha value is -1.48. The van der Waals surface area contributed by atoms with Crippen LogP contribution in [0.4, 0.5) is 5.88 Å². The number of hydrogen-bond acceptors (Lipinski definition) is 3. The van der Waals surface area contributed by atoms with Crippen molar-refractivity contribution in [3.05, 3.63) is 46.1 Å². The minimum atomic E-state index is 0.267. The van der Waals surface area contributed by atoms with Crippen LogP contribution in [-0.2, 0) is 6.42 Å². The molecule has 1 aliphatic rings. The highest BCUT2D eigenvalue weighted by molar-refractivity contribution is 6.30. The second-order valence-electron chi connectivity index (χ2n) is 4.41. The summed E-state index contributed by atoms with van der Waals surface area (Å²) in [4.78, 5) is 0. The number of nitrogens with zero attached hydrogens (tertiary/aromatic N) is 1. The molecule has 1 atom stereocenters. The molecular formula is C13H13ClN2O. The van der Waals surface area contributed by atoms with Crippen LogP contribution < -0.4 is 5.73 Å². The highest BCUT2D eigenvalue weighted by Gasteiger charge is 2.28. The SMILES string of the molecule is Nc1onc2c1C(c1cccc(Cl)c1)CCC2. The van der Waals surface area contributed by atoms with Crippen LogP contribution >= 0.6 is 11.6 Å². The zero-order valence-corrected chi connectivity index (χ0v) is 10.1. The minimum Gasteiger partial charge on any atom is -0.367 e. The zero-order chi connectivity index (χ0) is 11.8. The van der Waals surface area contributed by atoms with E-state index < -0.39 is 0 Å². The third-order valence-electron chi connectivity index (χ3n) is 3.34. The van der Waals surface area contributed by atoms with E-state index in [0.717, 1.165) is 35.5 Å². The first-order valence-electron chi connectivity index (χ1n) is 5.75. The predicted molar refractivity (Wildman–Crippen MR) is 67.1 cm³/mol. The molecule has 4 heteroatoms. The average Bonchev–Trinajstić information content (AvgIpc) is 2.71. The van der Waals surface area contributed by atoms with Gasteiger partial charge in [-0.3, -0.25) is 0 Å². The van der Waals surface area contributed by atoms with E-state index in [9.17, 15) is 0 Å². The van der Waals surface area contributed by atoms with Crippen LogP contribution in [0.25, 0.3) is 0 Å². The van der Waals surface area contributed by atoms with Gasteiger partial charge in [0.1, 0.15) is 0 Å². The summed E-state index contributed by atoms with van der Waals surface area (Å²) >= 11 is 6.03. The van der Waals surface area contributed by atoms with Gasteiger partial charge in [-0.1, -0.05) is 28.9 Å². The third-order valence-corrected chi connectivity index (χ3v) is 3.57. The van der Waals surface area contributed by atoms with E-state index in [1.807, 2.05) is 18.2 Å². The number of anilines is 1. The quantitative estimate of drug-likeness (QED) is 0.842. The van der Waals surface area contributed by atoms with Gasteiger partial charge in [-0.05, 0) is 37.0 Å². The van der Waals surface area contributed by atoms with E-state index in [1.165, 1.54) is 5.56 Å². The molecule has 17 heavy (non-hydrogen) atoms. The van der Waals surface area contributed by atoms with E-state index in [1.54, 1.807) is 0 Å². The summed E-state index contributed by atoms with van der Waals surface area (Å²) in [6.07, 6.45) is 3.13. The standard InChI is InChI=1S/C13H13ClN2O/c14-9-4-1-3-8(7-9)10-5-2-6-11-12(10)13(15)17-16-11/h1,3-4,7,10H,2,5-6,15H2. The summed E-state index contributed by atoms with van der Waals surface area (Å²) < 4.78 is 5.09. The Morgan fingerprint density at radius 2 is 2.29 bits per heavy atom. The molecule has 0 radical (unpaired) electrons. The van der Waals surface area contributed by atoms with Gasteiger partial charge in [0.15, 0.2) is 0 Å². The Labute approximate surface area is 105 Å². The van der Waals surface area contributed by atoms with Crippen LogP contribution in [-0.4, -0.2) is 5.16 Å². The lowest BCUT2D eigenvalue weighted by Gasteiger charge is -2.21. The molecule has 88 valence electrons. The number of nitrogens with two attached hydrogens (primary N) is 1. The predicted octanol–water partition coefficient (Wildman–Crippen LogP) is 3.38. The summed E-state index contributed by atoms with van der Waals surface area (Å²) in [7, 11) is 0. The highest BCUT2D eigenvalue weighted by Crippen LogP contribution is 2.40. The maximum Gasteiger partial charge on any atom is 0.226 e. The van der Waals surface area contributed by atoms with Gasteiger partial charge < -0.3 is 10.3 Å². The molecule has 2 N–H and O–H groups in total. The average molecular weight is 249 g/mol. The number of halogens is 1. The number of aromatic nitrogens is 1. The first-order chi connectivity index (χ1) is 8.25. The van der Waals surface area contributed by atoms with Crippen LogP contribution in [0.3, 0.4) is 0 Å². The number of hydrogen-bond donors (Lipinski definition) is 1. The van der Waals surface area contributed by atoms with Gasteiger partial charge in [-0.15, -0.1) is 0 Å². The fourth-order valence-electron chi connectivity index (χ4n) is 2.57. The monoisotopic (exact) mass is 248 g/mol. The van der Waals surface area contributed by atoms with Gasteiger partial charge >= 0.3 is 0 Å². The van der Waals surface area contributed by atoms with Gasteiger partial charge in [-0.2, -0.15) is 0 Å². The molecule has 0 aliphatic heterocycles. The largest absolute Gasteiger partial charge is 0.367 e. The fourth-order valence-corrected chi connectivity index (χ4v) is 2.77. The van der Waals surface area contributed by atoms with Crippen molar-refractivity contribution in [1.29, 1.82) is 0 Å². The van der Waals surface area contributed by atoms with Crippen molar-refractivity contribution in [2.24, 2.45) is 0 Å². The third kappa shape index (κ3) is 1.80. The Bertz CT molecular complexity index is 550. The Morgan fingerprint density at radius 1 is 1.41 bits per heavy atom. The zero-order valence-electron chi connectivity index (χ0n) is 9.32. The second-order valence-corrected chi connectivity index (χ2v) is 4.84. The van der Waals surface area contributed by atoms with Gasteiger partial charge in [0.05, 0.1) is 5.69 Å². The van der Waals surface area contributed by atoms with Gasteiger partial charge in [0.2, 0.25) is 5.88 Å². The van der Waals surface area contributed by atoms with E-state index in [2.05, 4.69) is 11.2 Å². The summed E-state index contributed by atoms with van der Waals surface area (Å²) in [6, 6.07) is 7.92. The van der Waals surface area contributed by atoms with Crippen molar-refractivity contribution in [3.63, 3.8) is 0 Å². The molecule has 1 aromatic heterocycles. The van der Waals surface area contributed by atoms with Crippen molar-refractivity contribution in [1.82, 2.24) is 5.16 Å². The molecular weight excluding hydrogens is 236 g/mol. The molecule has 0 fully saturated rings. The lowest BCUT2D eigenvalue weighted by Crippen LogP contribution is -2.11. The Morgan fingerprint density at radius 3 is 3.12 bits per heavy atom. The Balaban J connectivity index is 2.08. The molecule has 1 unspecified atom stereocenters. The topological polar surface area (TPSA) is 52.0 Å². The van der Waals surface area contributed by atoms with Crippen molar-refractivity contribution in [2.45, 2.75) is 25.2 Å². The van der Waals surface area contributed by atoms with Crippen LogP contribution in [0, 0.1) is 0 Å². The van der Waals surface area contributed by atoms with Crippen LogP contribution in [0.5, 0.6) is 0 Å². The lowest BCUT2D eigenvalue weighted by molar-refractivity contribution is 0.427. The van der Waals surface area contributed by atoms with Crippen LogP contribution in [0.15, 0.2) is 28.8 Å². The normalized spacial score (nSPS) is 19.0. The molecule has 0 bridgehead atoms. The number of fused-ring (bicyclic) bond motifs is 1. The number of benzene rings is 1. The van der Waals surface area contributed by atoms with Crippen molar-refractivity contribution >= 4 is 17.5 Å². The molecule has 3 rings (SSSR count). The molecule has 2 aromatic rings. The van der Waals surface area contributed by atoms with Crippen LogP contribution in [0.2, 0.25) is 5.02 Å². The number of nitrogen functional groups attached to an aromatic ring is 1. The van der Waals surface area contributed by atoms with E-state index in [4.69, 9.17) is 21.9 Å². The summed E-state index contributed by atoms with van der Waals surface area (Å²) in [5.74, 6) is 0.716. The fraction of sp³-hybridized carbons (Fsp3) is 0.308. The van der Waals surface area contributed by atoms with Crippen molar-refractivity contribution in [3.8, 4) is 0 Å². The maximum absolute atomic E-state index is 6.03. The van der Waals surface area contributed by atoms with E-state index >= 15 is 0 Å². The van der Waals surface area contributed by atoms with Crippen LogP contribution in [0.1, 0.15) is 35.6 Å². The van der Waals surface area contributed by atoms with Crippen molar-refractivity contribution in [2.75, 3.05) is 5.73 Å². The number of aryl methyl sites for hydroxylation is 1. The summed E-state index contributed by atoms with van der Waals surface area (Å²) in [5, 5.41) is 4.78. The summed E-state index contributed by atoms with van der Waals surface area (Å²) in [6.45, 7) is 0. The van der Waals surface area contributed by atoms with Gasteiger partial charge in [0.25, 0.3) is 0 Å². The van der Waals surface area contributed by atoms with Gasteiger partial charge in [0, 0.05) is 16.5 Å². The van der Waals surface area contributed by atoms with Gasteiger partial charge in [-0.25, -0.2) is 0 Å². The first kappa shape index (κ1) is 10.7. The summed E-state index contributed by atoms with van der Waals surface area (Å²) in [5.41, 5.74) is 9.11. The minimum absolute atomic E-state index is 0.267. The van der Waals surface area contributed by atoms with Crippen molar-refractivity contribution < 1.29 is 4.52 Å². The van der Waals surface area contributed by atoms with E-state index in [0.29, 0.717) is 5.88 Å². The molecule has 1 heterocycles. The highest BCUT2D eigenvalue weighted by atomic mass is 35.5. The second kappa shape index (κ2) is 4.08. The molecule has 0 amide bonds. The molecule has 0 saturated heterocycles. The smallest absolute Gasteiger partial charge is 0.226 e. The van der Waals surface area contributed by atoms with E-state index in [-0.39, 0.29) is 5.92 Å². The molecule has 1 aliphatic carbocycles. The molecule has 3 nitrogen and oxygen atoms in total. The molecule has 0 spiro atoms. The Kier molecular flexibility index (Phi) is 2.56. The first-order valence-corrected chi connectivity index (χ1v) is 6.13. The number of rotatable bonds is 1. The molecule has 1 aromatic carbocycles. The molecule has 0 saturated carbocycles.